The summed E-state index contributed by atoms with van der Waals surface area (Å²) in [5.41, 5.74) is -0.0548. The van der Waals surface area contributed by atoms with Crippen LogP contribution in [0.3, 0.4) is 0 Å². The van der Waals surface area contributed by atoms with E-state index in [2.05, 4.69) is 34.4 Å². The Bertz CT molecular complexity index is 1540. The number of carbonyl (C=O) groups excluding carboxylic acids is 4. The second-order valence-corrected chi connectivity index (χ2v) is 14.4. The van der Waals surface area contributed by atoms with E-state index in [1.54, 1.807) is 48.2 Å². The minimum Gasteiger partial charge on any atom is -0.455 e. The molecule has 3 saturated heterocycles. The number of esters is 1. The molecule has 5 rings (SSSR count). The van der Waals surface area contributed by atoms with Crippen molar-refractivity contribution in [1.29, 1.82) is 0 Å². The zero-order valence-corrected chi connectivity index (χ0v) is 29.9. The molecule has 49 heavy (non-hydrogen) atoms. The lowest BCUT2D eigenvalue weighted by atomic mass is 9.70. The standard InChI is InChI=1S/C37H43BrClN3O7/c1-4-6-14-28(44)40-23(3)31(24-12-8-7-9-13-24)48-36(47)29-30-34(45)42(20-10-11-21-43)33(37(30)22-27(38)32(29)49-37)35(46)41(19-5-2)26-17-15-25(39)16-18-26/h4-5,7-9,12-13,15-18,23,27,29-33,43H,1-2,6,10-11,14,19-22H2,3H3,(H,40,44)/t23-,27?,29+,30-,31-,32+,33+,37-/m1/s1. The maximum absolute atomic E-state index is 14.7. The van der Waals surface area contributed by atoms with Crippen LogP contribution in [0.1, 0.15) is 50.7 Å². The number of unbranched alkanes of at least 4 members (excludes halogenated alkanes) is 1. The lowest BCUT2D eigenvalue weighted by Crippen LogP contribution is -2.57. The molecule has 0 radical (unpaired) electrons. The number of hydrogen-bond acceptors (Lipinski definition) is 7. The number of halogens is 2. The summed E-state index contributed by atoms with van der Waals surface area (Å²) < 4.78 is 12.9. The second-order valence-electron chi connectivity index (χ2n) is 12.8. The van der Waals surface area contributed by atoms with E-state index >= 15 is 0 Å². The molecule has 3 fully saturated rings. The number of aliphatic hydroxyl groups is 1. The molecule has 1 unspecified atom stereocenters. The topological polar surface area (TPSA) is 125 Å². The van der Waals surface area contributed by atoms with Crippen LogP contribution in [0.15, 0.2) is 79.9 Å². The van der Waals surface area contributed by atoms with Crippen LogP contribution in [0.2, 0.25) is 5.02 Å². The largest absolute Gasteiger partial charge is 0.455 e. The number of nitrogens with one attached hydrogen (secondary N) is 1. The van der Waals surface area contributed by atoms with Gasteiger partial charge in [-0.05, 0) is 62.4 Å². The fourth-order valence-corrected chi connectivity index (χ4v) is 8.54. The van der Waals surface area contributed by atoms with E-state index < -0.39 is 47.7 Å². The Morgan fingerprint density at radius 3 is 2.53 bits per heavy atom. The van der Waals surface area contributed by atoms with Gasteiger partial charge in [-0.25, -0.2) is 0 Å². The van der Waals surface area contributed by atoms with Crippen LogP contribution in [0.5, 0.6) is 0 Å². The predicted octanol–water partition coefficient (Wildman–Crippen LogP) is 5.13. The number of fused-ring (bicyclic) bond motifs is 1. The molecule has 0 saturated carbocycles. The fourth-order valence-electron chi connectivity index (χ4n) is 7.47. The maximum atomic E-state index is 14.7. The first-order chi connectivity index (χ1) is 23.6. The number of nitrogens with zero attached hydrogens (tertiary/aromatic N) is 2. The molecule has 262 valence electrons. The first-order valence-corrected chi connectivity index (χ1v) is 17.9. The van der Waals surface area contributed by atoms with Gasteiger partial charge in [0.2, 0.25) is 11.8 Å². The van der Waals surface area contributed by atoms with Crippen molar-refractivity contribution in [3.05, 3.63) is 90.5 Å². The number of ether oxygens (including phenoxy) is 2. The van der Waals surface area contributed by atoms with Crippen molar-refractivity contribution in [2.24, 2.45) is 11.8 Å². The van der Waals surface area contributed by atoms with Crippen molar-refractivity contribution >= 4 is 56.9 Å². The highest BCUT2D eigenvalue weighted by Gasteiger charge is 2.77. The van der Waals surface area contributed by atoms with Crippen LogP contribution >= 0.6 is 27.5 Å². The van der Waals surface area contributed by atoms with Crippen molar-refractivity contribution in [3.8, 4) is 0 Å². The van der Waals surface area contributed by atoms with E-state index in [4.69, 9.17) is 21.1 Å². The summed E-state index contributed by atoms with van der Waals surface area (Å²) in [6, 6.07) is 14.3. The number of rotatable bonds is 16. The normalized spacial score (nSPS) is 26.5. The van der Waals surface area contributed by atoms with Gasteiger partial charge < -0.3 is 29.7 Å². The molecule has 2 aromatic rings. The number of allylic oxidation sites excluding steroid dienone is 1. The summed E-state index contributed by atoms with van der Waals surface area (Å²) >= 11 is 9.86. The van der Waals surface area contributed by atoms with Gasteiger partial charge in [0.1, 0.15) is 17.7 Å². The first kappa shape index (κ1) is 36.8. The van der Waals surface area contributed by atoms with Gasteiger partial charge in [0.25, 0.3) is 5.91 Å². The summed E-state index contributed by atoms with van der Waals surface area (Å²) in [7, 11) is 0. The summed E-state index contributed by atoms with van der Waals surface area (Å²) in [5, 5.41) is 13.0. The Labute approximate surface area is 300 Å². The number of hydrogen-bond donors (Lipinski definition) is 2. The quantitative estimate of drug-likeness (QED) is 0.105. The fraction of sp³-hybridized carbons (Fsp3) is 0.459. The highest BCUT2D eigenvalue weighted by Crippen LogP contribution is 2.60. The molecule has 2 N–H and O–H groups in total. The molecular formula is C37H43BrClN3O7. The second kappa shape index (κ2) is 16.0. The van der Waals surface area contributed by atoms with Gasteiger partial charge in [-0.3, -0.25) is 19.2 Å². The van der Waals surface area contributed by atoms with Gasteiger partial charge in [0.15, 0.2) is 0 Å². The third-order valence-electron chi connectivity index (χ3n) is 9.61. The summed E-state index contributed by atoms with van der Waals surface area (Å²) in [6.07, 6.45) is 3.64. The molecule has 8 atom stereocenters. The lowest BCUT2D eigenvalue weighted by molar-refractivity contribution is -0.162. The zero-order valence-electron chi connectivity index (χ0n) is 27.5. The molecule has 3 aliphatic heterocycles. The number of alkyl halides is 1. The van der Waals surface area contributed by atoms with Crippen LogP contribution in [-0.2, 0) is 28.7 Å². The van der Waals surface area contributed by atoms with Gasteiger partial charge in [-0.2, -0.15) is 0 Å². The first-order valence-electron chi connectivity index (χ1n) is 16.6. The zero-order chi connectivity index (χ0) is 35.3. The van der Waals surface area contributed by atoms with Gasteiger partial charge in [-0.15, -0.1) is 13.2 Å². The van der Waals surface area contributed by atoms with Crippen molar-refractivity contribution < 1.29 is 33.8 Å². The molecule has 3 heterocycles. The van der Waals surface area contributed by atoms with Gasteiger partial charge in [0, 0.05) is 41.7 Å². The summed E-state index contributed by atoms with van der Waals surface area (Å²) in [4.78, 5) is 58.9. The number of likely N-dealkylation sites (tertiary alicyclic amines) is 1. The molecule has 0 aromatic heterocycles. The molecule has 2 bridgehead atoms. The number of anilines is 1. The van der Waals surface area contributed by atoms with Crippen molar-refractivity contribution in [3.63, 3.8) is 0 Å². The van der Waals surface area contributed by atoms with Crippen LogP contribution in [0.25, 0.3) is 0 Å². The van der Waals surface area contributed by atoms with Crippen molar-refractivity contribution in [1.82, 2.24) is 10.2 Å². The Morgan fingerprint density at radius 2 is 1.88 bits per heavy atom. The molecule has 10 nitrogen and oxygen atoms in total. The number of aliphatic hydroxyl groups excluding tert-OH is 1. The molecular weight excluding hydrogens is 714 g/mol. The SMILES string of the molecule is C=CCCC(=O)N[C@H](C)[C@@H](OC(=O)[C@@H]1[C@H]2O[C@@]3(CC2Br)[C@H](C(=O)N(CC=C)c2ccc(Cl)cc2)N(CCCCO)C(=O)[C@@H]13)c1ccccc1. The summed E-state index contributed by atoms with van der Waals surface area (Å²) in [6.45, 7) is 9.58. The third-order valence-corrected chi connectivity index (χ3v) is 10.7. The van der Waals surface area contributed by atoms with Crippen LogP contribution in [0.4, 0.5) is 5.69 Å². The van der Waals surface area contributed by atoms with E-state index in [-0.39, 0.29) is 48.7 Å². The van der Waals surface area contributed by atoms with Crippen molar-refractivity contribution in [2.45, 2.75) is 73.7 Å². The Hall–Kier alpha value is -3.51. The molecule has 12 heteroatoms. The lowest BCUT2D eigenvalue weighted by Gasteiger charge is -2.37. The van der Waals surface area contributed by atoms with E-state index in [9.17, 15) is 24.3 Å². The van der Waals surface area contributed by atoms with E-state index in [0.29, 0.717) is 42.0 Å². The Morgan fingerprint density at radius 1 is 1.16 bits per heavy atom. The minimum atomic E-state index is -1.31. The molecule has 1 spiro atoms. The third kappa shape index (κ3) is 7.36. The Kier molecular flexibility index (Phi) is 12.0. The van der Waals surface area contributed by atoms with Gasteiger partial charge in [0.05, 0.1) is 24.0 Å². The molecule has 3 aliphatic rings. The smallest absolute Gasteiger partial charge is 0.313 e. The van der Waals surface area contributed by atoms with E-state index in [0.717, 1.165) is 0 Å². The number of amides is 3. The van der Waals surface area contributed by atoms with Crippen LogP contribution < -0.4 is 10.2 Å². The van der Waals surface area contributed by atoms with E-state index in [1.165, 1.54) is 4.90 Å². The van der Waals surface area contributed by atoms with Crippen molar-refractivity contribution in [2.75, 3.05) is 24.6 Å². The van der Waals surface area contributed by atoms with Gasteiger partial charge >= 0.3 is 5.97 Å². The Balaban J connectivity index is 1.49. The highest BCUT2D eigenvalue weighted by molar-refractivity contribution is 9.09. The number of carbonyl (C=O) groups is 4. The van der Waals surface area contributed by atoms with Crippen LogP contribution in [-0.4, -0.2) is 82.0 Å². The molecule has 2 aromatic carbocycles. The number of benzene rings is 2. The van der Waals surface area contributed by atoms with Gasteiger partial charge in [-0.1, -0.05) is 70.0 Å². The average Bonchev–Trinajstić information content (AvgIpc) is 3.68. The minimum absolute atomic E-state index is 0.0667. The molecule has 3 amide bonds. The highest BCUT2D eigenvalue weighted by atomic mass is 79.9. The monoisotopic (exact) mass is 755 g/mol. The summed E-state index contributed by atoms with van der Waals surface area (Å²) in [5.74, 6) is -3.57. The predicted molar refractivity (Wildman–Crippen MR) is 190 cm³/mol. The maximum Gasteiger partial charge on any atom is 0.313 e. The van der Waals surface area contributed by atoms with Crippen LogP contribution in [0, 0.1) is 11.8 Å². The average molecular weight is 757 g/mol. The van der Waals surface area contributed by atoms with E-state index in [1.807, 2.05) is 30.3 Å². The molecule has 0 aliphatic carbocycles.